The summed E-state index contributed by atoms with van der Waals surface area (Å²) in [6.07, 6.45) is 3.05. The number of nitrogens with zero attached hydrogens (tertiary/aromatic N) is 1. The normalized spacial score (nSPS) is 25.5. The van der Waals surface area contributed by atoms with Crippen LogP contribution in [0.1, 0.15) is 44.2 Å². The van der Waals surface area contributed by atoms with Crippen LogP contribution in [0.2, 0.25) is 0 Å². The minimum absolute atomic E-state index is 0.142. The largest absolute Gasteiger partial charge is 0.393 e. The van der Waals surface area contributed by atoms with E-state index >= 15 is 0 Å². The Balaban J connectivity index is 2.08. The van der Waals surface area contributed by atoms with Crippen LogP contribution in [0, 0.1) is 25.2 Å². The first-order chi connectivity index (χ1) is 9.28. The topological polar surface area (TPSA) is 23.5 Å². The van der Waals surface area contributed by atoms with E-state index in [2.05, 4.69) is 57.8 Å². The monoisotopic (exact) mass is 275 g/mol. The van der Waals surface area contributed by atoms with E-state index in [1.165, 1.54) is 16.8 Å². The van der Waals surface area contributed by atoms with Crippen LogP contribution in [-0.4, -0.2) is 24.8 Å². The molecule has 0 radical (unpaired) electrons. The zero-order chi connectivity index (χ0) is 14.9. The minimum Gasteiger partial charge on any atom is -0.393 e. The van der Waals surface area contributed by atoms with E-state index in [-0.39, 0.29) is 6.10 Å². The van der Waals surface area contributed by atoms with E-state index < -0.39 is 0 Å². The summed E-state index contributed by atoms with van der Waals surface area (Å²) in [7, 11) is 2.14. The molecule has 0 saturated heterocycles. The molecule has 20 heavy (non-hydrogen) atoms. The van der Waals surface area contributed by atoms with Gasteiger partial charge in [-0.3, -0.25) is 0 Å². The molecule has 2 atom stereocenters. The van der Waals surface area contributed by atoms with Gasteiger partial charge < -0.3 is 10.0 Å². The third kappa shape index (κ3) is 3.54. The summed E-state index contributed by atoms with van der Waals surface area (Å²) in [5.74, 6) is 0.379. The van der Waals surface area contributed by atoms with Crippen LogP contribution in [0.25, 0.3) is 0 Å². The summed E-state index contributed by atoms with van der Waals surface area (Å²) in [6.45, 7) is 9.88. The molecular weight excluding hydrogens is 246 g/mol. The van der Waals surface area contributed by atoms with Gasteiger partial charge in [-0.1, -0.05) is 31.5 Å². The molecule has 1 N–H and O–H groups in total. The number of hydrogen-bond acceptors (Lipinski definition) is 2. The summed E-state index contributed by atoms with van der Waals surface area (Å²) in [5.41, 5.74) is 4.27. The first-order valence-electron chi connectivity index (χ1n) is 7.75. The highest BCUT2D eigenvalue weighted by molar-refractivity contribution is 5.53. The predicted molar refractivity (Wildman–Crippen MR) is 86.3 cm³/mol. The second-order valence-corrected chi connectivity index (χ2v) is 7.40. The smallest absolute Gasteiger partial charge is 0.0585 e. The maximum Gasteiger partial charge on any atom is 0.0585 e. The van der Waals surface area contributed by atoms with Crippen LogP contribution in [-0.2, 0) is 0 Å². The summed E-state index contributed by atoms with van der Waals surface area (Å²) in [6, 6.07) is 6.60. The molecule has 1 aromatic carbocycles. The number of benzene rings is 1. The van der Waals surface area contributed by atoms with Gasteiger partial charge in [-0.2, -0.15) is 0 Å². The molecule has 1 aromatic rings. The van der Waals surface area contributed by atoms with Gasteiger partial charge in [-0.15, -0.1) is 0 Å². The molecule has 2 rings (SSSR count). The summed E-state index contributed by atoms with van der Waals surface area (Å²) in [4.78, 5) is 2.31. The van der Waals surface area contributed by atoms with Crippen LogP contribution >= 0.6 is 0 Å². The quantitative estimate of drug-likeness (QED) is 0.903. The molecule has 0 spiro atoms. The van der Waals surface area contributed by atoms with Crippen molar-refractivity contribution in [3.05, 3.63) is 29.3 Å². The number of hydrogen-bond donors (Lipinski definition) is 1. The summed E-state index contributed by atoms with van der Waals surface area (Å²) >= 11 is 0. The molecule has 0 aromatic heterocycles. The van der Waals surface area contributed by atoms with Gasteiger partial charge in [0.15, 0.2) is 0 Å². The lowest BCUT2D eigenvalue weighted by atomic mass is 9.70. The Bertz CT molecular complexity index is 466. The molecule has 0 heterocycles. The number of aliphatic hydroxyl groups excluding tert-OH is 1. The SMILES string of the molecule is Cc1ccc(N(C)CC2CC(C)(C)CCC2O)c(C)c1. The van der Waals surface area contributed by atoms with E-state index in [1.807, 2.05) is 0 Å². The molecule has 2 heteroatoms. The van der Waals surface area contributed by atoms with Gasteiger partial charge in [-0.25, -0.2) is 0 Å². The fourth-order valence-electron chi connectivity index (χ4n) is 3.59. The van der Waals surface area contributed by atoms with E-state index in [1.54, 1.807) is 0 Å². The highest BCUT2D eigenvalue weighted by Crippen LogP contribution is 2.39. The highest BCUT2D eigenvalue weighted by Gasteiger charge is 2.34. The maximum absolute atomic E-state index is 10.3. The van der Waals surface area contributed by atoms with Gasteiger partial charge in [0.1, 0.15) is 0 Å². The number of rotatable bonds is 3. The van der Waals surface area contributed by atoms with Gasteiger partial charge in [0.25, 0.3) is 0 Å². The average Bonchev–Trinajstić information content (AvgIpc) is 2.33. The first-order valence-corrected chi connectivity index (χ1v) is 7.75. The molecule has 2 nitrogen and oxygen atoms in total. The van der Waals surface area contributed by atoms with E-state index in [4.69, 9.17) is 0 Å². The van der Waals surface area contributed by atoms with Gasteiger partial charge >= 0.3 is 0 Å². The predicted octanol–water partition coefficient (Wildman–Crippen LogP) is 3.93. The molecule has 1 aliphatic rings. The lowest BCUT2D eigenvalue weighted by Gasteiger charge is -2.40. The van der Waals surface area contributed by atoms with Crippen molar-refractivity contribution in [1.29, 1.82) is 0 Å². The average molecular weight is 275 g/mol. The van der Waals surface area contributed by atoms with Crippen molar-refractivity contribution >= 4 is 5.69 Å². The van der Waals surface area contributed by atoms with Crippen molar-refractivity contribution in [2.45, 2.75) is 53.1 Å². The third-order valence-electron chi connectivity index (χ3n) is 4.75. The fraction of sp³-hybridized carbons (Fsp3) is 0.667. The van der Waals surface area contributed by atoms with Crippen LogP contribution in [0.15, 0.2) is 18.2 Å². The lowest BCUT2D eigenvalue weighted by Crippen LogP contribution is -2.40. The number of aryl methyl sites for hydroxylation is 2. The standard InChI is InChI=1S/C18H29NO/c1-13-6-7-16(14(2)10-13)19(5)12-15-11-18(3,4)9-8-17(15)20/h6-7,10,15,17,20H,8-9,11-12H2,1-5H3. The van der Waals surface area contributed by atoms with E-state index in [0.717, 1.165) is 25.8 Å². The third-order valence-corrected chi connectivity index (χ3v) is 4.75. The minimum atomic E-state index is -0.142. The van der Waals surface area contributed by atoms with Crippen molar-refractivity contribution in [1.82, 2.24) is 0 Å². The Morgan fingerprint density at radius 2 is 2.00 bits per heavy atom. The summed E-state index contributed by atoms with van der Waals surface area (Å²) < 4.78 is 0. The van der Waals surface area contributed by atoms with Crippen molar-refractivity contribution in [3.63, 3.8) is 0 Å². The zero-order valence-electron chi connectivity index (χ0n) is 13.6. The molecule has 1 fully saturated rings. The molecule has 0 amide bonds. The molecular formula is C18H29NO. The van der Waals surface area contributed by atoms with Crippen molar-refractivity contribution in [2.24, 2.45) is 11.3 Å². The summed E-state index contributed by atoms with van der Waals surface area (Å²) in [5, 5.41) is 10.3. The lowest BCUT2D eigenvalue weighted by molar-refractivity contribution is 0.0254. The maximum atomic E-state index is 10.3. The van der Waals surface area contributed by atoms with Gasteiger partial charge in [0, 0.05) is 25.2 Å². The molecule has 1 aliphatic carbocycles. The Morgan fingerprint density at radius 3 is 2.65 bits per heavy atom. The Kier molecular flexibility index (Phi) is 4.43. The molecule has 2 unspecified atom stereocenters. The van der Waals surface area contributed by atoms with Crippen molar-refractivity contribution in [3.8, 4) is 0 Å². The number of aliphatic hydroxyl groups is 1. The van der Waals surface area contributed by atoms with Gasteiger partial charge in [-0.05, 0) is 50.2 Å². The Labute approximate surface area is 123 Å². The zero-order valence-corrected chi connectivity index (χ0v) is 13.6. The fourth-order valence-corrected chi connectivity index (χ4v) is 3.59. The van der Waals surface area contributed by atoms with Crippen molar-refractivity contribution < 1.29 is 5.11 Å². The van der Waals surface area contributed by atoms with Gasteiger partial charge in [0.2, 0.25) is 0 Å². The van der Waals surface area contributed by atoms with E-state index in [9.17, 15) is 5.11 Å². The Morgan fingerprint density at radius 1 is 1.30 bits per heavy atom. The molecule has 1 saturated carbocycles. The highest BCUT2D eigenvalue weighted by atomic mass is 16.3. The van der Waals surface area contributed by atoms with Crippen LogP contribution in [0.5, 0.6) is 0 Å². The van der Waals surface area contributed by atoms with E-state index in [0.29, 0.717) is 11.3 Å². The second-order valence-electron chi connectivity index (χ2n) is 7.40. The molecule has 0 aliphatic heterocycles. The van der Waals surface area contributed by atoms with Crippen molar-refractivity contribution in [2.75, 3.05) is 18.5 Å². The molecule has 112 valence electrons. The Hall–Kier alpha value is -1.02. The molecule has 0 bridgehead atoms. The van der Waals surface area contributed by atoms with Crippen LogP contribution in [0.4, 0.5) is 5.69 Å². The van der Waals surface area contributed by atoms with Gasteiger partial charge in [0.05, 0.1) is 6.10 Å². The second kappa shape index (κ2) is 5.77. The van der Waals surface area contributed by atoms with Crippen LogP contribution < -0.4 is 4.90 Å². The first kappa shape index (κ1) is 15.4. The number of anilines is 1. The van der Waals surface area contributed by atoms with Crippen LogP contribution in [0.3, 0.4) is 0 Å².